The van der Waals surface area contributed by atoms with E-state index in [0.717, 1.165) is 6.08 Å². The number of aliphatic hydroxyl groups is 2. The highest BCUT2D eigenvalue weighted by Crippen LogP contribution is 1.74. The van der Waals surface area contributed by atoms with Gasteiger partial charge in [-0.3, -0.25) is 4.89 Å². The zero-order chi connectivity index (χ0) is 53.1. The first kappa shape index (κ1) is 183. The normalized spacial score (nSPS) is 3.11. The lowest BCUT2D eigenvalue weighted by Gasteiger charge is -1.88. The van der Waals surface area contributed by atoms with Crippen LogP contribution in [0.1, 0.15) is 0 Å². The van der Waals surface area contributed by atoms with E-state index in [1.807, 2.05) is 0 Å². The molecule has 0 aliphatic heterocycles. The van der Waals surface area contributed by atoms with Crippen LogP contribution in [0, 0.1) is 0 Å². The molecule has 0 spiro atoms. The molecular formula is C50H100O5. The van der Waals surface area contributed by atoms with Gasteiger partial charge >= 0.3 is 5.97 Å². The van der Waals surface area contributed by atoms with Crippen molar-refractivity contribution in [3.63, 3.8) is 0 Å². The van der Waals surface area contributed by atoms with Crippen molar-refractivity contribution in [2.24, 2.45) is 0 Å². The first-order valence-electron chi connectivity index (χ1n) is 13.8. The average Bonchev–Trinajstić information content (AvgIpc) is 3.40. The lowest BCUT2D eigenvalue weighted by molar-refractivity contribution is -0.249. The maximum absolute atomic E-state index is 9.95. The Morgan fingerprint density at radius 3 is 0.436 bits per heavy atom. The third kappa shape index (κ3) is 246000. The second-order valence-corrected chi connectivity index (χ2v) is 1.22. The molecule has 0 bridgehead atoms. The van der Waals surface area contributed by atoms with Gasteiger partial charge in [0.15, 0.2) is 0 Å². The van der Waals surface area contributed by atoms with E-state index < -0.39 is 5.97 Å². The van der Waals surface area contributed by atoms with E-state index in [1.165, 1.54) is 7.11 Å². The maximum atomic E-state index is 9.95. The summed E-state index contributed by atoms with van der Waals surface area (Å²) >= 11 is 0. The standard InChI is InChI=1S/C4H6O3.C2H6O2.22C2H4/c1-3-4(5)7-6-2;3-1-2-4;22*1-2/h3H,1H2,2H3;3-4H,1-2H2;22*1-2H2. The van der Waals surface area contributed by atoms with Gasteiger partial charge in [0, 0.05) is 6.08 Å². The van der Waals surface area contributed by atoms with Crippen LogP contribution in [0.5, 0.6) is 0 Å². The molecule has 0 aromatic carbocycles. The number of hydrogen-bond donors (Lipinski definition) is 2. The predicted octanol–water partition coefficient (Wildman–Crippen LogP) is 16.9. The van der Waals surface area contributed by atoms with E-state index in [-0.39, 0.29) is 13.2 Å². The summed E-state index contributed by atoms with van der Waals surface area (Å²) in [5.41, 5.74) is 0. The molecule has 5 heteroatoms. The van der Waals surface area contributed by atoms with Crippen LogP contribution < -0.4 is 0 Å². The Labute approximate surface area is 352 Å². The molecule has 55 heavy (non-hydrogen) atoms. The van der Waals surface area contributed by atoms with E-state index in [9.17, 15) is 4.79 Å². The minimum atomic E-state index is -0.581. The monoisotopic (exact) mass is 781 g/mol. The Hall–Kier alpha value is -6.63. The molecule has 0 unspecified atom stereocenters. The van der Waals surface area contributed by atoms with Crippen LogP contribution in [0.3, 0.4) is 0 Å². The number of hydrogen-bond acceptors (Lipinski definition) is 5. The lowest BCUT2D eigenvalue weighted by atomic mass is 10.7. The number of carbonyl (C=O) groups excluding carboxylic acids is 1. The molecule has 2 N–H and O–H groups in total. The van der Waals surface area contributed by atoms with E-state index in [2.05, 4.69) is 306 Å². The van der Waals surface area contributed by atoms with Gasteiger partial charge in [0.2, 0.25) is 0 Å². The smallest absolute Gasteiger partial charge is 0.365 e. The first-order chi connectivity index (χ1) is 27.2. The molecule has 0 rings (SSSR count). The number of carbonyl (C=O) groups is 1. The van der Waals surface area contributed by atoms with Crippen molar-refractivity contribution < 1.29 is 24.8 Å². The van der Waals surface area contributed by atoms with Gasteiger partial charge in [-0.25, -0.2) is 4.79 Å². The molecule has 0 aliphatic carbocycles. The Kier molecular flexibility index (Phi) is 180000. The molecule has 0 fully saturated rings. The van der Waals surface area contributed by atoms with Gasteiger partial charge in [0.1, 0.15) is 0 Å². The second-order valence-electron chi connectivity index (χ2n) is 1.22. The fourth-order valence-corrected chi connectivity index (χ4v) is 0.116. The van der Waals surface area contributed by atoms with Crippen molar-refractivity contribution in [3.8, 4) is 0 Å². The summed E-state index contributed by atoms with van der Waals surface area (Å²) in [6.07, 6.45) is 1.02. The molecule has 0 saturated heterocycles. The van der Waals surface area contributed by atoms with Gasteiger partial charge in [-0.15, -0.1) is 289 Å². The van der Waals surface area contributed by atoms with Crippen molar-refractivity contribution >= 4 is 5.97 Å². The quantitative estimate of drug-likeness (QED) is 0.129. The van der Waals surface area contributed by atoms with Crippen LogP contribution in [-0.4, -0.2) is 36.5 Å². The fraction of sp³-hybridized carbons (Fsp3) is 0.0600. The van der Waals surface area contributed by atoms with Crippen LogP contribution >= 0.6 is 0 Å². The van der Waals surface area contributed by atoms with Crippen LogP contribution in [0.15, 0.2) is 302 Å². The van der Waals surface area contributed by atoms with Crippen LogP contribution in [0.2, 0.25) is 0 Å². The molecule has 0 amide bonds. The highest BCUT2D eigenvalue weighted by Gasteiger charge is 1.88. The summed E-state index contributed by atoms with van der Waals surface area (Å²) in [5.74, 6) is -0.581. The Morgan fingerprint density at radius 1 is 0.327 bits per heavy atom. The minimum absolute atomic E-state index is 0.125. The molecule has 0 radical (unpaired) electrons. The summed E-state index contributed by atoms with van der Waals surface area (Å²) < 4.78 is 0. The zero-order valence-electron chi connectivity index (χ0n) is 37.4. The van der Waals surface area contributed by atoms with Gasteiger partial charge in [0.05, 0.1) is 20.3 Å². The molecule has 0 aliphatic rings. The summed E-state index contributed by atoms with van der Waals surface area (Å²) in [7, 11) is 1.25. The number of rotatable bonds is 3. The van der Waals surface area contributed by atoms with Gasteiger partial charge in [-0.1, -0.05) is 6.58 Å². The summed E-state index contributed by atoms with van der Waals surface area (Å²) in [6, 6.07) is 0. The van der Waals surface area contributed by atoms with Crippen molar-refractivity contribution in [3.05, 3.63) is 302 Å². The molecule has 0 atom stereocenters. The van der Waals surface area contributed by atoms with Crippen LogP contribution in [0.25, 0.3) is 0 Å². The van der Waals surface area contributed by atoms with Gasteiger partial charge in [-0.2, -0.15) is 4.89 Å². The fourth-order valence-electron chi connectivity index (χ4n) is 0.116. The molecule has 330 valence electrons. The lowest BCUT2D eigenvalue weighted by Crippen LogP contribution is -1.96. The summed E-state index contributed by atoms with van der Waals surface area (Å²) in [5, 5.41) is 15.2. The highest BCUT2D eigenvalue weighted by atomic mass is 17.2. The molecule has 0 aromatic rings. The van der Waals surface area contributed by atoms with E-state index >= 15 is 0 Å². The third-order valence-electron chi connectivity index (χ3n) is 0.432. The van der Waals surface area contributed by atoms with Gasteiger partial charge in [-0.05, 0) is 0 Å². The minimum Gasteiger partial charge on any atom is -0.394 e. The maximum Gasteiger partial charge on any atom is 0.365 e. The molecule has 0 saturated carbocycles. The van der Waals surface area contributed by atoms with Gasteiger partial charge < -0.3 is 10.2 Å². The molecular weight excluding hydrogens is 681 g/mol. The third-order valence-corrected chi connectivity index (χ3v) is 0.432. The first-order valence-corrected chi connectivity index (χ1v) is 13.8. The predicted molar refractivity (Wildman–Crippen MR) is 285 cm³/mol. The summed E-state index contributed by atoms with van der Waals surface area (Å²) in [6.45, 7) is 135. The van der Waals surface area contributed by atoms with E-state index in [1.54, 1.807) is 0 Å². The van der Waals surface area contributed by atoms with Crippen molar-refractivity contribution in [2.45, 2.75) is 0 Å². The largest absolute Gasteiger partial charge is 0.394 e. The summed E-state index contributed by atoms with van der Waals surface area (Å²) in [4.78, 5) is 17.9. The average molecular weight is 781 g/mol. The van der Waals surface area contributed by atoms with Crippen molar-refractivity contribution in [2.75, 3.05) is 20.3 Å². The van der Waals surface area contributed by atoms with Crippen molar-refractivity contribution in [1.29, 1.82) is 0 Å². The molecule has 5 nitrogen and oxygen atoms in total. The van der Waals surface area contributed by atoms with E-state index in [0.29, 0.717) is 0 Å². The SMILES string of the molecule is C=C.C=C.C=C.C=C.C=C.C=C.C=C.C=C.C=C.C=C.C=C.C=C.C=C.C=C.C=C.C=C.C=C.C=C.C=C.C=C.C=C.C=C.C=CC(=O)OOC.OCCO. The second kappa shape index (κ2) is 54300. The molecule has 0 aromatic heterocycles. The van der Waals surface area contributed by atoms with Gasteiger partial charge in [0.25, 0.3) is 0 Å². The molecule has 0 heterocycles. The highest BCUT2D eigenvalue weighted by molar-refractivity contribution is 5.80. The Balaban J connectivity index is -0.00000000844. The zero-order valence-corrected chi connectivity index (χ0v) is 37.4. The number of aliphatic hydroxyl groups excluding tert-OH is 2. The van der Waals surface area contributed by atoms with E-state index in [4.69, 9.17) is 10.2 Å². The topological polar surface area (TPSA) is 76.0 Å². The van der Waals surface area contributed by atoms with Crippen molar-refractivity contribution in [1.82, 2.24) is 0 Å². The Morgan fingerprint density at radius 2 is 0.418 bits per heavy atom. The Bertz CT molecular complexity index is 277. The van der Waals surface area contributed by atoms with Crippen LogP contribution in [-0.2, 0) is 14.6 Å². The van der Waals surface area contributed by atoms with Crippen LogP contribution in [0.4, 0.5) is 0 Å².